The molecule has 1 aromatic carbocycles. The molecule has 3 atom stereocenters. The van der Waals surface area contributed by atoms with E-state index >= 15 is 0 Å². The van der Waals surface area contributed by atoms with Crippen LogP contribution in [-0.2, 0) is 9.59 Å². The first-order valence-corrected chi connectivity index (χ1v) is 10.1. The minimum Gasteiger partial charge on any atom is -0.335 e. The van der Waals surface area contributed by atoms with E-state index in [9.17, 15) is 14.4 Å². The van der Waals surface area contributed by atoms with Crippen LogP contribution in [0.4, 0.5) is 10.5 Å². The summed E-state index contributed by atoms with van der Waals surface area (Å²) in [4.78, 5) is 43.8. The number of fused-ring (bicyclic) bond motifs is 5. The third-order valence-corrected chi connectivity index (χ3v) is 6.47. The molecule has 0 aliphatic carbocycles. The lowest BCUT2D eigenvalue weighted by Crippen LogP contribution is -2.55. The van der Waals surface area contributed by atoms with Crippen LogP contribution in [0.2, 0.25) is 5.02 Å². The molecule has 3 saturated heterocycles. The molecule has 7 nitrogen and oxygen atoms in total. The summed E-state index contributed by atoms with van der Waals surface area (Å²) in [6, 6.07) is 3.64. The molecule has 0 aromatic heterocycles. The van der Waals surface area contributed by atoms with E-state index in [-0.39, 0.29) is 40.4 Å². The highest BCUT2D eigenvalue weighted by Crippen LogP contribution is 2.44. The van der Waals surface area contributed by atoms with Crippen molar-refractivity contribution in [2.24, 2.45) is 5.41 Å². The molecule has 152 valence electrons. The van der Waals surface area contributed by atoms with Gasteiger partial charge in [-0.1, -0.05) is 32.4 Å². The van der Waals surface area contributed by atoms with E-state index in [1.54, 1.807) is 22.8 Å². The number of rotatable bonds is 2. The topological polar surface area (TPSA) is 84.7 Å². The van der Waals surface area contributed by atoms with Crippen LogP contribution in [0.25, 0.3) is 0 Å². The van der Waals surface area contributed by atoms with Crippen LogP contribution in [0.15, 0.2) is 12.1 Å². The maximum absolute atomic E-state index is 13.3. The quantitative estimate of drug-likeness (QED) is 0.696. The van der Waals surface area contributed by atoms with Crippen molar-refractivity contribution in [2.75, 3.05) is 11.4 Å². The van der Waals surface area contributed by atoms with Gasteiger partial charge in [0.25, 0.3) is 5.91 Å². The standard InChI is InChI=1S/C21H23ClN4O3/c1-11-14(6-5-12(9-23)17(11)22)26-19(28)18-15-7-13(25(18)20(26)29)10-24(15)16(27)8-21(2,3)4/h5-6,13,15,18H,7-8,10H2,1-4H3/t13-,15?,18-/m1/s1. The molecule has 4 amide bonds. The van der Waals surface area contributed by atoms with Gasteiger partial charge < -0.3 is 9.80 Å². The van der Waals surface area contributed by atoms with Gasteiger partial charge >= 0.3 is 6.03 Å². The number of carbonyl (C=O) groups is 3. The zero-order valence-corrected chi connectivity index (χ0v) is 17.7. The number of amides is 4. The van der Waals surface area contributed by atoms with Crippen LogP contribution >= 0.6 is 11.6 Å². The highest BCUT2D eigenvalue weighted by molar-refractivity contribution is 6.33. The molecule has 0 radical (unpaired) electrons. The van der Waals surface area contributed by atoms with E-state index in [1.807, 2.05) is 26.8 Å². The largest absolute Gasteiger partial charge is 0.335 e. The number of hydrogen-bond acceptors (Lipinski definition) is 4. The van der Waals surface area contributed by atoms with Crippen molar-refractivity contribution in [3.05, 3.63) is 28.3 Å². The molecule has 1 unspecified atom stereocenters. The van der Waals surface area contributed by atoms with Gasteiger partial charge in [0.2, 0.25) is 5.91 Å². The third kappa shape index (κ3) is 2.89. The second kappa shape index (κ2) is 6.46. The fourth-order valence-electron chi connectivity index (χ4n) is 4.72. The van der Waals surface area contributed by atoms with E-state index in [0.717, 1.165) is 4.90 Å². The van der Waals surface area contributed by atoms with Gasteiger partial charge in [0, 0.05) is 13.0 Å². The van der Waals surface area contributed by atoms with Gasteiger partial charge in [0.1, 0.15) is 12.1 Å². The zero-order valence-electron chi connectivity index (χ0n) is 16.9. The predicted molar refractivity (Wildman–Crippen MR) is 107 cm³/mol. The summed E-state index contributed by atoms with van der Waals surface area (Å²) in [5.41, 5.74) is 1.06. The van der Waals surface area contributed by atoms with Crippen LogP contribution in [0, 0.1) is 23.7 Å². The van der Waals surface area contributed by atoms with Gasteiger partial charge in [0.05, 0.1) is 28.4 Å². The minimum absolute atomic E-state index is 0.0287. The van der Waals surface area contributed by atoms with Gasteiger partial charge in [-0.25, -0.2) is 9.69 Å². The van der Waals surface area contributed by atoms with Crippen LogP contribution < -0.4 is 4.90 Å². The lowest BCUT2D eigenvalue weighted by Gasteiger charge is -2.36. The summed E-state index contributed by atoms with van der Waals surface area (Å²) < 4.78 is 0. The molecule has 4 rings (SSSR count). The lowest BCUT2D eigenvalue weighted by molar-refractivity contribution is -0.137. The molecule has 0 saturated carbocycles. The first-order chi connectivity index (χ1) is 13.5. The highest BCUT2D eigenvalue weighted by Gasteiger charge is 2.63. The Balaban J connectivity index is 1.65. The Labute approximate surface area is 174 Å². The molecule has 3 aliphatic rings. The smallest absolute Gasteiger partial charge is 0.332 e. The Kier molecular flexibility index (Phi) is 4.39. The average Bonchev–Trinajstić information content (AvgIpc) is 3.28. The van der Waals surface area contributed by atoms with E-state index in [1.165, 1.54) is 6.07 Å². The van der Waals surface area contributed by atoms with Crippen molar-refractivity contribution in [3.8, 4) is 6.07 Å². The van der Waals surface area contributed by atoms with Gasteiger partial charge in [-0.15, -0.1) is 0 Å². The van der Waals surface area contributed by atoms with Crippen LogP contribution in [0.1, 0.15) is 44.7 Å². The van der Waals surface area contributed by atoms with Crippen molar-refractivity contribution in [1.82, 2.24) is 9.80 Å². The number of nitrogens with zero attached hydrogens (tertiary/aromatic N) is 4. The average molecular weight is 415 g/mol. The number of halogens is 1. The van der Waals surface area contributed by atoms with Crippen molar-refractivity contribution in [3.63, 3.8) is 0 Å². The number of imide groups is 1. The lowest BCUT2D eigenvalue weighted by atomic mass is 9.91. The Bertz CT molecular complexity index is 977. The van der Waals surface area contributed by atoms with Crippen molar-refractivity contribution in [2.45, 2.75) is 58.7 Å². The number of urea groups is 1. The molecule has 29 heavy (non-hydrogen) atoms. The molecule has 0 spiro atoms. The van der Waals surface area contributed by atoms with Gasteiger partial charge in [-0.2, -0.15) is 5.26 Å². The monoisotopic (exact) mass is 414 g/mol. The number of hydrogen-bond donors (Lipinski definition) is 0. The normalized spacial score (nSPS) is 25.7. The first kappa shape index (κ1) is 19.7. The maximum Gasteiger partial charge on any atom is 0.332 e. The number of anilines is 1. The third-order valence-electron chi connectivity index (χ3n) is 5.99. The van der Waals surface area contributed by atoms with Gasteiger partial charge in [0.15, 0.2) is 0 Å². The fourth-order valence-corrected chi connectivity index (χ4v) is 4.93. The number of benzene rings is 1. The van der Waals surface area contributed by atoms with Crippen LogP contribution in [-0.4, -0.2) is 52.3 Å². The summed E-state index contributed by atoms with van der Waals surface area (Å²) in [6.07, 6.45) is 1.04. The summed E-state index contributed by atoms with van der Waals surface area (Å²) in [7, 11) is 0. The van der Waals surface area contributed by atoms with Gasteiger partial charge in [-0.3, -0.25) is 9.59 Å². The molecular weight excluding hydrogens is 392 g/mol. The summed E-state index contributed by atoms with van der Waals surface area (Å²) >= 11 is 6.25. The number of nitriles is 1. The molecule has 1 aromatic rings. The Hall–Kier alpha value is -2.59. The van der Waals surface area contributed by atoms with Crippen LogP contribution in [0.3, 0.4) is 0 Å². The van der Waals surface area contributed by atoms with E-state index in [4.69, 9.17) is 16.9 Å². The van der Waals surface area contributed by atoms with E-state index < -0.39 is 6.04 Å². The minimum atomic E-state index is -0.654. The maximum atomic E-state index is 13.3. The molecular formula is C21H23ClN4O3. The molecule has 2 bridgehead atoms. The second-order valence-corrected chi connectivity index (χ2v) is 9.61. The van der Waals surface area contributed by atoms with Crippen molar-refractivity contribution in [1.29, 1.82) is 5.26 Å². The first-order valence-electron chi connectivity index (χ1n) is 9.70. The number of carbonyl (C=O) groups excluding carboxylic acids is 3. The number of likely N-dealkylation sites (tertiary alicyclic amines) is 1. The summed E-state index contributed by atoms with van der Waals surface area (Å²) in [5.74, 6) is -0.305. The zero-order chi connectivity index (χ0) is 21.2. The molecule has 0 N–H and O–H groups in total. The van der Waals surface area contributed by atoms with Crippen LogP contribution in [0.5, 0.6) is 0 Å². The van der Waals surface area contributed by atoms with E-state index in [0.29, 0.717) is 36.2 Å². The van der Waals surface area contributed by atoms with E-state index in [2.05, 4.69) is 0 Å². The molecule has 3 fully saturated rings. The highest BCUT2D eigenvalue weighted by atomic mass is 35.5. The fraction of sp³-hybridized carbons (Fsp3) is 0.524. The summed E-state index contributed by atoms with van der Waals surface area (Å²) in [5, 5.41) is 9.38. The van der Waals surface area contributed by atoms with Crippen molar-refractivity contribution >= 4 is 35.1 Å². The molecule has 3 aliphatic heterocycles. The molecule has 8 heteroatoms. The predicted octanol–water partition coefficient (Wildman–Crippen LogP) is 3.08. The SMILES string of the molecule is Cc1c(N2C(=O)[C@H]3C4C[C@H](CN4C(=O)CC(C)(C)C)N3C2=O)ccc(C#N)c1Cl. The van der Waals surface area contributed by atoms with Crippen molar-refractivity contribution < 1.29 is 14.4 Å². The second-order valence-electron chi connectivity index (χ2n) is 9.23. The Morgan fingerprint density at radius 1 is 1.31 bits per heavy atom. The van der Waals surface area contributed by atoms with Gasteiger partial charge in [-0.05, 0) is 36.5 Å². The summed E-state index contributed by atoms with van der Waals surface area (Å²) in [6.45, 7) is 8.19. The molecule has 3 heterocycles. The number of piperazine rings is 1. The Morgan fingerprint density at radius 3 is 2.62 bits per heavy atom. The Morgan fingerprint density at radius 2 is 2.00 bits per heavy atom.